The topological polar surface area (TPSA) is 50.8 Å². The zero-order chi connectivity index (χ0) is 8.10. The Morgan fingerprint density at radius 3 is 2.64 bits per heavy atom. The number of hydroxylamine groups is 2. The van der Waals surface area contributed by atoms with Gasteiger partial charge in [-0.25, -0.2) is 4.79 Å². The van der Waals surface area contributed by atoms with Gasteiger partial charge in [0.05, 0.1) is 7.11 Å². The summed E-state index contributed by atoms with van der Waals surface area (Å²) in [5.74, 6) is 0. The average Bonchev–Trinajstić information content (AvgIpc) is 2.06. The fraction of sp³-hybridized carbons (Fsp3) is 0.833. The number of ether oxygens (including phenoxy) is 1. The number of methoxy groups -OCH3 is 1. The van der Waals surface area contributed by atoms with E-state index in [-0.39, 0.29) is 0 Å². The molecule has 1 rings (SSSR count). The van der Waals surface area contributed by atoms with Crippen LogP contribution in [0.1, 0.15) is 0 Å². The maximum Gasteiger partial charge on any atom is 0.527 e. The molecule has 0 saturated carbocycles. The molecular weight excluding hydrogens is 148 g/mol. The molecule has 1 heterocycles. The quantitative estimate of drug-likeness (QED) is 0.528. The number of hydrogen-bond acceptors (Lipinski definition) is 5. The molecule has 1 saturated heterocycles. The number of carbonyl (C=O) groups is 1. The molecule has 0 amide bonds. The van der Waals surface area contributed by atoms with Crippen LogP contribution >= 0.6 is 0 Å². The Bertz CT molecular complexity index is 134. The van der Waals surface area contributed by atoms with Crippen LogP contribution in [0.3, 0.4) is 0 Å². The second kappa shape index (κ2) is 4.15. The second-order valence-corrected chi connectivity index (χ2v) is 2.22. The highest BCUT2D eigenvalue weighted by molar-refractivity contribution is 5.59. The summed E-state index contributed by atoms with van der Waals surface area (Å²) in [6, 6.07) is 0. The van der Waals surface area contributed by atoms with Gasteiger partial charge in [-0.1, -0.05) is 0 Å². The molecule has 0 aromatic carbocycles. The smallest absolute Gasteiger partial charge is 0.436 e. The van der Waals surface area contributed by atoms with Gasteiger partial charge in [0.2, 0.25) is 0 Å². The summed E-state index contributed by atoms with van der Waals surface area (Å²) in [5, 5.41) is 4.72. The monoisotopic (exact) mass is 160 g/mol. The predicted molar refractivity (Wildman–Crippen MR) is 37.9 cm³/mol. The Morgan fingerprint density at radius 2 is 2.09 bits per heavy atom. The molecular formula is C6H12N2O3. The van der Waals surface area contributed by atoms with E-state index < -0.39 is 6.16 Å². The van der Waals surface area contributed by atoms with Crippen LogP contribution in [0, 0.1) is 0 Å². The predicted octanol–water partition coefficient (Wildman–Crippen LogP) is -0.410. The molecule has 5 nitrogen and oxygen atoms in total. The SMILES string of the molecule is COC(=O)ON1CCNCC1. The van der Waals surface area contributed by atoms with Crippen molar-refractivity contribution in [1.29, 1.82) is 0 Å². The summed E-state index contributed by atoms with van der Waals surface area (Å²) >= 11 is 0. The van der Waals surface area contributed by atoms with Crippen LogP contribution in [0.25, 0.3) is 0 Å². The van der Waals surface area contributed by atoms with E-state index in [1.165, 1.54) is 7.11 Å². The number of hydrogen-bond donors (Lipinski definition) is 1. The van der Waals surface area contributed by atoms with Gasteiger partial charge in [0.15, 0.2) is 0 Å². The maximum atomic E-state index is 10.6. The molecule has 0 unspecified atom stereocenters. The van der Waals surface area contributed by atoms with Gasteiger partial charge in [0.25, 0.3) is 0 Å². The molecule has 0 aromatic heterocycles. The molecule has 1 aliphatic heterocycles. The van der Waals surface area contributed by atoms with Gasteiger partial charge in [0.1, 0.15) is 0 Å². The van der Waals surface area contributed by atoms with E-state index in [1.807, 2.05) is 0 Å². The number of nitrogens with zero attached hydrogens (tertiary/aromatic N) is 1. The highest BCUT2D eigenvalue weighted by Crippen LogP contribution is 1.94. The molecule has 0 atom stereocenters. The van der Waals surface area contributed by atoms with Gasteiger partial charge >= 0.3 is 6.16 Å². The van der Waals surface area contributed by atoms with E-state index in [2.05, 4.69) is 10.1 Å². The Kier molecular flexibility index (Phi) is 3.13. The molecule has 5 heteroatoms. The van der Waals surface area contributed by atoms with Crippen LogP contribution in [-0.2, 0) is 9.57 Å². The van der Waals surface area contributed by atoms with Crippen LogP contribution in [0.5, 0.6) is 0 Å². The summed E-state index contributed by atoms with van der Waals surface area (Å²) in [4.78, 5) is 15.3. The van der Waals surface area contributed by atoms with E-state index in [0.29, 0.717) is 0 Å². The number of rotatable bonds is 1. The maximum absolute atomic E-state index is 10.6. The summed E-state index contributed by atoms with van der Waals surface area (Å²) < 4.78 is 4.33. The lowest BCUT2D eigenvalue weighted by Crippen LogP contribution is -2.44. The van der Waals surface area contributed by atoms with Gasteiger partial charge in [0, 0.05) is 26.2 Å². The molecule has 64 valence electrons. The molecule has 0 aliphatic carbocycles. The fourth-order valence-corrected chi connectivity index (χ4v) is 0.878. The lowest BCUT2D eigenvalue weighted by Gasteiger charge is -2.24. The third kappa shape index (κ3) is 2.73. The summed E-state index contributed by atoms with van der Waals surface area (Å²) in [6.45, 7) is 3.12. The summed E-state index contributed by atoms with van der Waals surface area (Å²) in [7, 11) is 1.30. The van der Waals surface area contributed by atoms with Crippen molar-refractivity contribution in [2.24, 2.45) is 0 Å². The fourth-order valence-electron chi connectivity index (χ4n) is 0.878. The molecule has 1 aliphatic rings. The van der Waals surface area contributed by atoms with Crippen molar-refractivity contribution in [1.82, 2.24) is 10.4 Å². The van der Waals surface area contributed by atoms with Crippen molar-refractivity contribution >= 4 is 6.16 Å². The van der Waals surface area contributed by atoms with E-state index in [0.717, 1.165) is 26.2 Å². The van der Waals surface area contributed by atoms with E-state index in [4.69, 9.17) is 4.84 Å². The Labute approximate surface area is 65.2 Å². The third-order valence-corrected chi connectivity index (χ3v) is 1.45. The van der Waals surface area contributed by atoms with E-state index >= 15 is 0 Å². The molecule has 11 heavy (non-hydrogen) atoms. The van der Waals surface area contributed by atoms with Crippen LogP contribution in [0.4, 0.5) is 4.79 Å². The number of nitrogens with one attached hydrogen (secondary N) is 1. The van der Waals surface area contributed by atoms with Crippen LogP contribution in [0.15, 0.2) is 0 Å². The Morgan fingerprint density at radius 1 is 1.45 bits per heavy atom. The lowest BCUT2D eigenvalue weighted by atomic mass is 10.4. The molecule has 0 aromatic rings. The largest absolute Gasteiger partial charge is 0.527 e. The van der Waals surface area contributed by atoms with Crippen LogP contribution in [0.2, 0.25) is 0 Å². The van der Waals surface area contributed by atoms with Crippen molar-refractivity contribution in [3.63, 3.8) is 0 Å². The zero-order valence-electron chi connectivity index (χ0n) is 6.50. The van der Waals surface area contributed by atoms with Gasteiger partial charge in [-0.2, -0.15) is 0 Å². The van der Waals surface area contributed by atoms with Gasteiger partial charge in [-0.3, -0.25) is 0 Å². The highest BCUT2D eigenvalue weighted by Gasteiger charge is 2.13. The first-order chi connectivity index (χ1) is 5.33. The zero-order valence-corrected chi connectivity index (χ0v) is 6.50. The first-order valence-corrected chi connectivity index (χ1v) is 3.54. The van der Waals surface area contributed by atoms with Gasteiger partial charge in [-0.05, 0) is 0 Å². The first-order valence-electron chi connectivity index (χ1n) is 3.54. The second-order valence-electron chi connectivity index (χ2n) is 2.22. The normalized spacial score (nSPS) is 19.4. The average molecular weight is 160 g/mol. The van der Waals surface area contributed by atoms with Gasteiger partial charge in [-0.15, -0.1) is 5.06 Å². The van der Waals surface area contributed by atoms with Crippen molar-refractivity contribution in [3.8, 4) is 0 Å². The Hall–Kier alpha value is -0.810. The van der Waals surface area contributed by atoms with Crippen LogP contribution in [-0.4, -0.2) is 44.5 Å². The molecule has 1 N–H and O–H groups in total. The summed E-state index contributed by atoms with van der Waals surface area (Å²) in [5.41, 5.74) is 0. The Balaban J connectivity index is 2.19. The molecule has 0 radical (unpaired) electrons. The minimum Gasteiger partial charge on any atom is -0.436 e. The number of carbonyl (C=O) groups excluding carboxylic acids is 1. The minimum absolute atomic E-state index is 0.646. The lowest BCUT2D eigenvalue weighted by molar-refractivity contribution is -0.129. The standard InChI is InChI=1S/C6H12N2O3/c1-10-6(9)11-8-4-2-7-3-5-8/h7H,2-5H2,1H3. The third-order valence-electron chi connectivity index (χ3n) is 1.45. The van der Waals surface area contributed by atoms with Gasteiger partial charge < -0.3 is 14.9 Å². The van der Waals surface area contributed by atoms with Crippen molar-refractivity contribution in [3.05, 3.63) is 0 Å². The molecule has 0 spiro atoms. The first kappa shape index (κ1) is 8.29. The summed E-state index contributed by atoms with van der Waals surface area (Å²) in [6.07, 6.45) is -0.646. The van der Waals surface area contributed by atoms with E-state index in [1.54, 1.807) is 5.06 Å². The van der Waals surface area contributed by atoms with Crippen LogP contribution < -0.4 is 5.32 Å². The minimum atomic E-state index is -0.646. The number of piperazine rings is 1. The molecule has 1 fully saturated rings. The van der Waals surface area contributed by atoms with Crippen molar-refractivity contribution < 1.29 is 14.4 Å². The van der Waals surface area contributed by atoms with Crippen molar-refractivity contribution in [2.45, 2.75) is 0 Å². The van der Waals surface area contributed by atoms with E-state index in [9.17, 15) is 4.79 Å². The van der Waals surface area contributed by atoms with Crippen molar-refractivity contribution in [2.75, 3.05) is 33.3 Å². The molecule has 0 bridgehead atoms. The highest BCUT2D eigenvalue weighted by atomic mass is 16.8.